The van der Waals surface area contributed by atoms with Gasteiger partial charge in [-0.05, 0) is 43.3 Å². The Morgan fingerprint density at radius 3 is 2.37 bits per heavy atom. The molecular weight excluding hydrogens is 383 g/mol. The van der Waals surface area contributed by atoms with E-state index in [0.717, 1.165) is 11.3 Å². The first kappa shape index (κ1) is 19.8. The number of amides is 1. The number of halogens is 1. The fraction of sp³-hybridized carbons (Fsp3) is 0.261. The van der Waals surface area contributed by atoms with Crippen molar-refractivity contribution >= 4 is 11.6 Å². The number of ether oxygens (including phenoxy) is 1. The van der Waals surface area contributed by atoms with Crippen LogP contribution in [0.3, 0.4) is 0 Å². The Bertz CT molecular complexity index is 1050. The maximum Gasteiger partial charge on any atom is 0.257 e. The number of anilines is 1. The van der Waals surface area contributed by atoms with Gasteiger partial charge in [0.25, 0.3) is 5.91 Å². The van der Waals surface area contributed by atoms with Crippen molar-refractivity contribution in [3.8, 4) is 17.1 Å². The molecule has 1 aliphatic heterocycles. The molecule has 0 bridgehead atoms. The Morgan fingerprint density at radius 1 is 1.03 bits per heavy atom. The molecular formula is C23H23FN4O2. The van der Waals surface area contributed by atoms with E-state index in [2.05, 4.69) is 9.97 Å². The van der Waals surface area contributed by atoms with Gasteiger partial charge in [-0.15, -0.1) is 0 Å². The average molecular weight is 406 g/mol. The molecule has 3 aromatic rings. The fourth-order valence-electron chi connectivity index (χ4n) is 3.59. The molecule has 30 heavy (non-hydrogen) atoms. The fourth-order valence-corrected chi connectivity index (χ4v) is 3.59. The van der Waals surface area contributed by atoms with Crippen molar-refractivity contribution in [2.45, 2.75) is 6.92 Å². The Labute approximate surface area is 174 Å². The van der Waals surface area contributed by atoms with E-state index in [1.165, 1.54) is 6.07 Å². The summed E-state index contributed by atoms with van der Waals surface area (Å²) in [5.74, 6) is 0.991. The van der Waals surface area contributed by atoms with Gasteiger partial charge in [0.15, 0.2) is 5.82 Å². The third kappa shape index (κ3) is 3.96. The van der Waals surface area contributed by atoms with Crippen LogP contribution < -0.4 is 9.64 Å². The smallest absolute Gasteiger partial charge is 0.257 e. The maximum atomic E-state index is 14.0. The molecule has 1 fully saturated rings. The Kier molecular flexibility index (Phi) is 5.61. The van der Waals surface area contributed by atoms with Crippen LogP contribution in [0, 0.1) is 12.7 Å². The van der Waals surface area contributed by atoms with Crippen molar-refractivity contribution in [3.63, 3.8) is 0 Å². The lowest BCUT2D eigenvalue weighted by molar-refractivity contribution is 0.0745. The maximum absolute atomic E-state index is 14.0. The molecule has 1 saturated heterocycles. The predicted molar refractivity (Wildman–Crippen MR) is 113 cm³/mol. The number of aryl methyl sites for hydroxylation is 1. The lowest BCUT2D eigenvalue weighted by atomic mass is 10.1. The van der Waals surface area contributed by atoms with Gasteiger partial charge in [0, 0.05) is 37.9 Å². The molecule has 1 amide bonds. The molecule has 7 heteroatoms. The van der Waals surface area contributed by atoms with E-state index in [-0.39, 0.29) is 11.7 Å². The van der Waals surface area contributed by atoms with Gasteiger partial charge < -0.3 is 14.5 Å². The SMILES string of the molecule is COc1ccc(-c2ncc(C(=O)N3CCN(c4ccccc4F)CC3)c(C)n2)cc1. The number of carbonyl (C=O) groups excluding carboxylic acids is 1. The van der Waals surface area contributed by atoms with E-state index in [0.29, 0.717) is 48.9 Å². The van der Waals surface area contributed by atoms with Gasteiger partial charge in [0.1, 0.15) is 11.6 Å². The minimum atomic E-state index is -0.240. The van der Waals surface area contributed by atoms with Crippen molar-refractivity contribution < 1.29 is 13.9 Å². The van der Waals surface area contributed by atoms with E-state index < -0.39 is 0 Å². The molecule has 0 N–H and O–H groups in total. The molecule has 0 saturated carbocycles. The average Bonchev–Trinajstić information content (AvgIpc) is 2.79. The molecule has 6 nitrogen and oxygen atoms in total. The predicted octanol–water partition coefficient (Wildman–Crippen LogP) is 3.56. The normalized spacial score (nSPS) is 14.0. The first-order valence-electron chi connectivity index (χ1n) is 9.83. The summed E-state index contributed by atoms with van der Waals surface area (Å²) in [6.07, 6.45) is 1.59. The van der Waals surface area contributed by atoms with Gasteiger partial charge >= 0.3 is 0 Å². The lowest BCUT2D eigenvalue weighted by Gasteiger charge is -2.36. The monoisotopic (exact) mass is 406 g/mol. The molecule has 154 valence electrons. The minimum Gasteiger partial charge on any atom is -0.497 e. The number of hydrogen-bond donors (Lipinski definition) is 0. The van der Waals surface area contributed by atoms with E-state index in [1.807, 2.05) is 42.2 Å². The summed E-state index contributed by atoms with van der Waals surface area (Å²) in [6.45, 7) is 4.02. The third-order valence-corrected chi connectivity index (χ3v) is 5.32. The van der Waals surface area contributed by atoms with Crippen LogP contribution in [-0.4, -0.2) is 54.1 Å². The zero-order valence-electron chi connectivity index (χ0n) is 17.0. The highest BCUT2D eigenvalue weighted by atomic mass is 19.1. The van der Waals surface area contributed by atoms with E-state index in [1.54, 1.807) is 30.3 Å². The Morgan fingerprint density at radius 2 is 1.73 bits per heavy atom. The van der Waals surface area contributed by atoms with Crippen LogP contribution in [0.1, 0.15) is 16.1 Å². The van der Waals surface area contributed by atoms with Crippen LogP contribution in [0.4, 0.5) is 10.1 Å². The van der Waals surface area contributed by atoms with Crippen LogP contribution >= 0.6 is 0 Å². The second-order valence-electron chi connectivity index (χ2n) is 7.15. The first-order valence-corrected chi connectivity index (χ1v) is 9.83. The summed E-state index contributed by atoms with van der Waals surface area (Å²) in [4.78, 5) is 25.7. The van der Waals surface area contributed by atoms with Crippen LogP contribution in [0.5, 0.6) is 5.75 Å². The Balaban J connectivity index is 1.45. The van der Waals surface area contributed by atoms with Crippen molar-refractivity contribution in [1.29, 1.82) is 0 Å². The number of para-hydroxylation sites is 1. The third-order valence-electron chi connectivity index (χ3n) is 5.32. The number of rotatable bonds is 4. The van der Waals surface area contributed by atoms with Crippen LogP contribution in [0.25, 0.3) is 11.4 Å². The van der Waals surface area contributed by atoms with Gasteiger partial charge in [0.2, 0.25) is 0 Å². The van der Waals surface area contributed by atoms with Crippen LogP contribution in [0.2, 0.25) is 0 Å². The van der Waals surface area contributed by atoms with Crippen molar-refractivity contribution in [2.24, 2.45) is 0 Å². The number of nitrogens with zero attached hydrogens (tertiary/aromatic N) is 4. The number of piperazine rings is 1. The van der Waals surface area contributed by atoms with Gasteiger partial charge in [-0.2, -0.15) is 0 Å². The van der Waals surface area contributed by atoms with Crippen molar-refractivity contribution in [3.05, 3.63) is 71.8 Å². The molecule has 0 spiro atoms. The molecule has 1 aliphatic rings. The van der Waals surface area contributed by atoms with E-state index in [9.17, 15) is 9.18 Å². The van der Waals surface area contributed by atoms with Gasteiger partial charge in [0.05, 0.1) is 24.1 Å². The van der Waals surface area contributed by atoms with Crippen LogP contribution in [-0.2, 0) is 0 Å². The number of methoxy groups -OCH3 is 1. The highest BCUT2D eigenvalue weighted by Gasteiger charge is 2.25. The second-order valence-corrected chi connectivity index (χ2v) is 7.15. The summed E-state index contributed by atoms with van der Waals surface area (Å²) in [6, 6.07) is 14.2. The first-order chi connectivity index (χ1) is 14.6. The molecule has 2 heterocycles. The summed E-state index contributed by atoms with van der Waals surface area (Å²) in [5, 5.41) is 0. The molecule has 1 aromatic heterocycles. The quantitative estimate of drug-likeness (QED) is 0.663. The molecule has 4 rings (SSSR count). The lowest BCUT2D eigenvalue weighted by Crippen LogP contribution is -2.49. The second kappa shape index (κ2) is 8.49. The van der Waals surface area contributed by atoms with Gasteiger partial charge in [-0.3, -0.25) is 4.79 Å². The standard InChI is InChI=1S/C23H23FN4O2/c1-16-19(15-25-22(26-16)17-7-9-18(30-2)10-8-17)23(29)28-13-11-27(12-14-28)21-6-4-3-5-20(21)24/h3-10,15H,11-14H2,1-2H3. The van der Waals surface area contributed by atoms with Crippen molar-refractivity contribution in [1.82, 2.24) is 14.9 Å². The van der Waals surface area contributed by atoms with E-state index >= 15 is 0 Å². The molecule has 0 atom stereocenters. The van der Waals surface area contributed by atoms with Crippen molar-refractivity contribution in [2.75, 3.05) is 38.2 Å². The van der Waals surface area contributed by atoms with Crippen LogP contribution in [0.15, 0.2) is 54.7 Å². The highest BCUT2D eigenvalue weighted by molar-refractivity contribution is 5.95. The van der Waals surface area contributed by atoms with E-state index in [4.69, 9.17) is 4.74 Å². The Hall–Kier alpha value is -3.48. The minimum absolute atomic E-state index is 0.0954. The number of benzene rings is 2. The highest BCUT2D eigenvalue weighted by Crippen LogP contribution is 2.23. The zero-order valence-corrected chi connectivity index (χ0v) is 17.0. The largest absolute Gasteiger partial charge is 0.497 e. The van der Waals surface area contributed by atoms with Gasteiger partial charge in [-0.1, -0.05) is 12.1 Å². The zero-order chi connectivity index (χ0) is 21.1. The molecule has 0 unspecified atom stereocenters. The summed E-state index contributed by atoms with van der Waals surface area (Å²) in [5.41, 5.74) is 2.56. The molecule has 0 radical (unpaired) electrons. The summed E-state index contributed by atoms with van der Waals surface area (Å²) in [7, 11) is 1.62. The summed E-state index contributed by atoms with van der Waals surface area (Å²) >= 11 is 0. The molecule has 0 aliphatic carbocycles. The topological polar surface area (TPSA) is 58.6 Å². The van der Waals surface area contributed by atoms with Gasteiger partial charge in [-0.25, -0.2) is 14.4 Å². The number of hydrogen-bond acceptors (Lipinski definition) is 5. The number of carbonyl (C=O) groups is 1. The summed E-state index contributed by atoms with van der Waals surface area (Å²) < 4.78 is 19.2. The number of aromatic nitrogens is 2. The molecule has 2 aromatic carbocycles.